The number of phenolic OH excluding ortho intramolecular Hbond substituents is 1. The molecule has 7 heteroatoms. The number of phenols is 1. The van der Waals surface area contributed by atoms with Gasteiger partial charge in [0.1, 0.15) is 11.6 Å². The van der Waals surface area contributed by atoms with Gasteiger partial charge in [-0.15, -0.1) is 0 Å². The Morgan fingerprint density at radius 3 is 2.68 bits per heavy atom. The van der Waals surface area contributed by atoms with Crippen LogP contribution in [0.3, 0.4) is 0 Å². The number of hydrogen-bond donors (Lipinski definition) is 3. The largest absolute Gasteiger partial charge is 0.508 e. The molecule has 0 fully saturated rings. The molecule has 28 heavy (non-hydrogen) atoms. The van der Waals surface area contributed by atoms with Gasteiger partial charge in [-0.2, -0.15) is 0 Å². The molecule has 0 aromatic heterocycles. The van der Waals surface area contributed by atoms with Gasteiger partial charge in [-0.25, -0.2) is 9.18 Å². The van der Waals surface area contributed by atoms with Crippen molar-refractivity contribution >= 4 is 11.7 Å². The zero-order valence-electron chi connectivity index (χ0n) is 16.4. The molecule has 0 aliphatic rings. The quantitative estimate of drug-likeness (QED) is 0.543. The van der Waals surface area contributed by atoms with Crippen molar-refractivity contribution < 1.29 is 23.8 Å². The van der Waals surface area contributed by atoms with Gasteiger partial charge in [-0.1, -0.05) is 13.8 Å². The number of halogens is 1. The summed E-state index contributed by atoms with van der Waals surface area (Å²) >= 11 is 0. The molecule has 0 atom stereocenters. The Morgan fingerprint density at radius 1 is 1.18 bits per heavy atom. The molecule has 0 saturated heterocycles. The van der Waals surface area contributed by atoms with E-state index < -0.39 is 11.8 Å². The van der Waals surface area contributed by atoms with Crippen LogP contribution in [0.25, 0.3) is 0 Å². The summed E-state index contributed by atoms with van der Waals surface area (Å²) in [6, 6.07) is 8.18. The molecule has 0 radical (unpaired) electrons. The molecule has 0 spiro atoms. The summed E-state index contributed by atoms with van der Waals surface area (Å²) < 4.78 is 24.3. The van der Waals surface area contributed by atoms with Crippen molar-refractivity contribution in [3.8, 4) is 17.2 Å². The molecule has 152 valence electrons. The van der Waals surface area contributed by atoms with E-state index in [-0.39, 0.29) is 12.3 Å². The first kappa shape index (κ1) is 21.3. The van der Waals surface area contributed by atoms with E-state index in [0.29, 0.717) is 35.3 Å². The van der Waals surface area contributed by atoms with Crippen molar-refractivity contribution in [3.63, 3.8) is 0 Å². The molecule has 0 unspecified atom stereocenters. The zero-order valence-corrected chi connectivity index (χ0v) is 16.4. The van der Waals surface area contributed by atoms with Gasteiger partial charge >= 0.3 is 6.03 Å². The van der Waals surface area contributed by atoms with Gasteiger partial charge in [0, 0.05) is 23.9 Å². The molecule has 2 aromatic carbocycles. The van der Waals surface area contributed by atoms with E-state index in [1.165, 1.54) is 12.1 Å². The molecule has 2 aromatic rings. The minimum Gasteiger partial charge on any atom is -0.508 e. The molecule has 2 rings (SSSR count). The molecular formula is C21H27FN2O4. The maximum Gasteiger partial charge on any atom is 0.319 e. The smallest absolute Gasteiger partial charge is 0.319 e. The van der Waals surface area contributed by atoms with E-state index in [1.807, 2.05) is 0 Å². The molecule has 3 N–H and O–H groups in total. The second kappa shape index (κ2) is 10.4. The summed E-state index contributed by atoms with van der Waals surface area (Å²) in [4.78, 5) is 12.1. The fourth-order valence-electron chi connectivity index (χ4n) is 2.59. The average Bonchev–Trinajstić information content (AvgIpc) is 2.66. The van der Waals surface area contributed by atoms with E-state index >= 15 is 0 Å². The fourth-order valence-corrected chi connectivity index (χ4v) is 2.59. The fraction of sp³-hybridized carbons (Fsp3) is 0.381. The Kier molecular flexibility index (Phi) is 7.92. The first-order valence-electron chi connectivity index (χ1n) is 9.22. The Balaban J connectivity index is 1.93. The number of hydrogen-bond acceptors (Lipinski definition) is 4. The highest BCUT2D eigenvalue weighted by atomic mass is 19.1. The summed E-state index contributed by atoms with van der Waals surface area (Å²) in [6.45, 7) is 4.87. The predicted molar refractivity (Wildman–Crippen MR) is 106 cm³/mol. The van der Waals surface area contributed by atoms with Crippen LogP contribution in [0.2, 0.25) is 0 Å². The molecule has 0 saturated carbocycles. The van der Waals surface area contributed by atoms with Crippen LogP contribution in [-0.4, -0.2) is 24.9 Å². The number of anilines is 1. The van der Waals surface area contributed by atoms with Crippen LogP contribution in [0.5, 0.6) is 17.2 Å². The Labute approximate surface area is 164 Å². The number of carbonyl (C=O) groups is 1. The molecule has 0 heterocycles. The molecule has 0 aliphatic carbocycles. The highest BCUT2D eigenvalue weighted by Crippen LogP contribution is 2.30. The summed E-state index contributed by atoms with van der Waals surface area (Å²) in [6.07, 6.45) is 1.99. The number of benzene rings is 2. The lowest BCUT2D eigenvalue weighted by molar-refractivity contribution is 0.251. The number of amides is 2. The van der Waals surface area contributed by atoms with Gasteiger partial charge in [0.05, 0.1) is 13.7 Å². The van der Waals surface area contributed by atoms with Crippen molar-refractivity contribution in [2.75, 3.05) is 19.0 Å². The lowest BCUT2D eigenvalue weighted by atomic mass is 10.1. The highest BCUT2D eigenvalue weighted by molar-refractivity contribution is 5.89. The van der Waals surface area contributed by atoms with Gasteiger partial charge in [0.25, 0.3) is 0 Å². The van der Waals surface area contributed by atoms with E-state index in [1.54, 1.807) is 25.3 Å². The van der Waals surface area contributed by atoms with Crippen LogP contribution in [0, 0.1) is 11.7 Å². The third-order valence-corrected chi connectivity index (χ3v) is 4.09. The standard InChI is InChI=1S/C21H27FN2O4/c1-14(2)5-4-10-28-20-12-17(7-9-19(20)27-3)24-21(26)23-13-15-11-16(22)6-8-18(15)25/h6-9,11-12,14,25H,4-5,10,13H2,1-3H3,(H2,23,24,26). The summed E-state index contributed by atoms with van der Waals surface area (Å²) in [5.74, 6) is 1.18. The normalized spacial score (nSPS) is 10.6. The Bertz CT molecular complexity index is 796. The lowest BCUT2D eigenvalue weighted by Gasteiger charge is -2.14. The highest BCUT2D eigenvalue weighted by Gasteiger charge is 2.10. The maximum absolute atomic E-state index is 13.2. The number of aromatic hydroxyl groups is 1. The third-order valence-electron chi connectivity index (χ3n) is 4.09. The lowest BCUT2D eigenvalue weighted by Crippen LogP contribution is -2.28. The second-order valence-corrected chi connectivity index (χ2v) is 6.83. The van der Waals surface area contributed by atoms with Crippen LogP contribution < -0.4 is 20.1 Å². The van der Waals surface area contributed by atoms with E-state index in [2.05, 4.69) is 24.5 Å². The minimum atomic E-state index is -0.486. The van der Waals surface area contributed by atoms with Crippen molar-refractivity contribution in [1.82, 2.24) is 5.32 Å². The van der Waals surface area contributed by atoms with Gasteiger partial charge in [-0.3, -0.25) is 0 Å². The average molecular weight is 390 g/mol. The van der Waals surface area contributed by atoms with Crippen LogP contribution in [-0.2, 0) is 6.54 Å². The molecule has 0 bridgehead atoms. The van der Waals surface area contributed by atoms with Crippen molar-refractivity contribution in [1.29, 1.82) is 0 Å². The summed E-state index contributed by atoms with van der Waals surface area (Å²) in [5.41, 5.74) is 0.819. The van der Waals surface area contributed by atoms with Crippen molar-refractivity contribution in [2.45, 2.75) is 33.2 Å². The van der Waals surface area contributed by atoms with Gasteiger partial charge < -0.3 is 25.2 Å². The Morgan fingerprint density at radius 2 is 1.96 bits per heavy atom. The number of carbonyl (C=O) groups excluding carboxylic acids is 1. The van der Waals surface area contributed by atoms with E-state index in [9.17, 15) is 14.3 Å². The van der Waals surface area contributed by atoms with Crippen LogP contribution in [0.4, 0.5) is 14.9 Å². The maximum atomic E-state index is 13.2. The first-order chi connectivity index (χ1) is 13.4. The summed E-state index contributed by atoms with van der Waals surface area (Å²) in [5, 5.41) is 15.0. The number of nitrogens with one attached hydrogen (secondary N) is 2. The third kappa shape index (κ3) is 6.64. The zero-order chi connectivity index (χ0) is 20.5. The minimum absolute atomic E-state index is 0.00978. The van der Waals surface area contributed by atoms with Crippen molar-refractivity contribution in [3.05, 3.63) is 47.8 Å². The monoisotopic (exact) mass is 390 g/mol. The molecule has 0 aliphatic heterocycles. The predicted octanol–water partition coefficient (Wildman–Crippen LogP) is 4.68. The Hall–Kier alpha value is -2.96. The van der Waals surface area contributed by atoms with Gasteiger partial charge in [-0.05, 0) is 49.1 Å². The summed E-state index contributed by atoms with van der Waals surface area (Å²) in [7, 11) is 1.56. The first-order valence-corrected chi connectivity index (χ1v) is 9.22. The molecule has 6 nitrogen and oxygen atoms in total. The SMILES string of the molecule is COc1ccc(NC(=O)NCc2cc(F)ccc2O)cc1OCCCC(C)C. The van der Waals surface area contributed by atoms with E-state index in [0.717, 1.165) is 18.9 Å². The van der Waals surface area contributed by atoms with Gasteiger partial charge in [0.15, 0.2) is 11.5 Å². The number of urea groups is 1. The topological polar surface area (TPSA) is 79.8 Å². The van der Waals surface area contributed by atoms with Gasteiger partial charge in [0.2, 0.25) is 0 Å². The van der Waals surface area contributed by atoms with E-state index in [4.69, 9.17) is 9.47 Å². The number of ether oxygens (including phenoxy) is 2. The number of rotatable bonds is 9. The van der Waals surface area contributed by atoms with Crippen LogP contribution in [0.1, 0.15) is 32.3 Å². The number of methoxy groups -OCH3 is 1. The second-order valence-electron chi connectivity index (χ2n) is 6.83. The molecule has 2 amide bonds. The van der Waals surface area contributed by atoms with Crippen molar-refractivity contribution in [2.24, 2.45) is 5.92 Å². The van der Waals surface area contributed by atoms with Crippen LogP contribution in [0.15, 0.2) is 36.4 Å². The van der Waals surface area contributed by atoms with Crippen LogP contribution >= 0.6 is 0 Å². The molecular weight excluding hydrogens is 363 g/mol.